The lowest BCUT2D eigenvalue weighted by atomic mass is 9.90. The molecule has 1 N–H and O–H groups in total. The predicted octanol–water partition coefficient (Wildman–Crippen LogP) is 6.72. The third-order valence-corrected chi connectivity index (χ3v) is 4.82. The van der Waals surface area contributed by atoms with Crippen molar-refractivity contribution in [2.75, 3.05) is 0 Å². The van der Waals surface area contributed by atoms with E-state index in [4.69, 9.17) is 0 Å². The molecule has 128 valence electrons. The minimum absolute atomic E-state index is 0.326. The highest BCUT2D eigenvalue weighted by Gasteiger charge is 2.11. The van der Waals surface area contributed by atoms with E-state index in [1.165, 1.54) is 22.3 Å². The fraction of sp³-hybridized carbons (Fsp3) is 0.250. The Labute approximate surface area is 151 Å². The van der Waals surface area contributed by atoms with Crippen LogP contribution in [0.5, 0.6) is 5.75 Å². The smallest absolute Gasteiger partial charge is 0.123 e. The summed E-state index contributed by atoms with van der Waals surface area (Å²) in [5.74, 6) is 0.824. The van der Waals surface area contributed by atoms with Gasteiger partial charge in [-0.25, -0.2) is 0 Å². The van der Waals surface area contributed by atoms with E-state index >= 15 is 0 Å². The Hall–Kier alpha value is -2.54. The first-order chi connectivity index (χ1) is 12.0. The van der Waals surface area contributed by atoms with Gasteiger partial charge in [0.1, 0.15) is 5.75 Å². The van der Waals surface area contributed by atoms with Crippen molar-refractivity contribution in [3.63, 3.8) is 0 Å². The van der Waals surface area contributed by atoms with Crippen LogP contribution in [0.4, 0.5) is 0 Å². The molecule has 0 aromatic heterocycles. The van der Waals surface area contributed by atoms with Gasteiger partial charge in [-0.1, -0.05) is 74.9 Å². The molecule has 3 rings (SSSR count). The minimum Gasteiger partial charge on any atom is -0.507 e. The highest BCUT2D eigenvalue weighted by atomic mass is 16.3. The molecule has 0 saturated carbocycles. The maximum Gasteiger partial charge on any atom is 0.123 e. The SMILES string of the molecule is CCc1ccc(C(C)C)cc1-c1ccc(O)c(-c2cccc(C)c2)c1. The van der Waals surface area contributed by atoms with Crippen molar-refractivity contribution in [3.8, 4) is 28.0 Å². The molecule has 1 nitrogen and oxygen atoms in total. The van der Waals surface area contributed by atoms with E-state index in [0.29, 0.717) is 11.7 Å². The molecule has 25 heavy (non-hydrogen) atoms. The molecular formula is C24H26O. The number of hydrogen-bond donors (Lipinski definition) is 1. The minimum atomic E-state index is 0.326. The van der Waals surface area contributed by atoms with Gasteiger partial charge in [-0.15, -0.1) is 0 Å². The van der Waals surface area contributed by atoms with E-state index in [1.807, 2.05) is 18.2 Å². The molecule has 0 unspecified atom stereocenters. The van der Waals surface area contributed by atoms with Crippen molar-refractivity contribution < 1.29 is 5.11 Å². The van der Waals surface area contributed by atoms with Crippen LogP contribution in [0.3, 0.4) is 0 Å². The van der Waals surface area contributed by atoms with Gasteiger partial charge in [0.15, 0.2) is 0 Å². The van der Waals surface area contributed by atoms with Crippen LogP contribution in [0, 0.1) is 6.92 Å². The Bertz CT molecular complexity index is 890. The maximum absolute atomic E-state index is 10.4. The topological polar surface area (TPSA) is 20.2 Å². The van der Waals surface area contributed by atoms with Gasteiger partial charge in [0, 0.05) is 5.56 Å². The molecule has 0 aliphatic carbocycles. The molecule has 0 fully saturated rings. The summed E-state index contributed by atoms with van der Waals surface area (Å²) in [5, 5.41) is 10.4. The number of rotatable bonds is 4. The van der Waals surface area contributed by atoms with Crippen LogP contribution < -0.4 is 0 Å². The zero-order valence-corrected chi connectivity index (χ0v) is 15.5. The number of aryl methyl sites for hydroxylation is 2. The average molecular weight is 330 g/mol. The third kappa shape index (κ3) is 3.61. The normalized spacial score (nSPS) is 11.1. The van der Waals surface area contributed by atoms with Crippen LogP contribution in [0.25, 0.3) is 22.3 Å². The van der Waals surface area contributed by atoms with Crippen molar-refractivity contribution in [2.45, 2.75) is 40.0 Å². The molecule has 0 heterocycles. The first-order valence-electron chi connectivity index (χ1n) is 9.03. The molecule has 0 saturated heterocycles. The molecule has 0 bridgehead atoms. The van der Waals surface area contributed by atoms with Crippen LogP contribution in [-0.4, -0.2) is 5.11 Å². The summed E-state index contributed by atoms with van der Waals surface area (Å²) >= 11 is 0. The molecule has 0 atom stereocenters. The molecule has 1 heteroatoms. The molecule has 0 radical (unpaired) electrons. The van der Waals surface area contributed by atoms with Crippen molar-refractivity contribution in [1.82, 2.24) is 0 Å². The summed E-state index contributed by atoms with van der Waals surface area (Å²) in [4.78, 5) is 0. The molecule has 3 aromatic carbocycles. The fourth-order valence-electron chi connectivity index (χ4n) is 3.28. The van der Waals surface area contributed by atoms with Crippen molar-refractivity contribution in [1.29, 1.82) is 0 Å². The average Bonchev–Trinajstić information content (AvgIpc) is 2.61. The van der Waals surface area contributed by atoms with Gasteiger partial charge < -0.3 is 5.11 Å². The highest BCUT2D eigenvalue weighted by Crippen LogP contribution is 2.36. The molecule has 0 aliphatic heterocycles. The van der Waals surface area contributed by atoms with Gasteiger partial charge in [0.2, 0.25) is 0 Å². The summed E-state index contributed by atoms with van der Waals surface area (Å²) in [6.07, 6.45) is 0.994. The zero-order valence-electron chi connectivity index (χ0n) is 15.5. The quantitative estimate of drug-likeness (QED) is 0.563. The Morgan fingerprint density at radius 3 is 2.28 bits per heavy atom. The van der Waals surface area contributed by atoms with Gasteiger partial charge in [-0.05, 0) is 59.2 Å². The summed E-state index contributed by atoms with van der Waals surface area (Å²) in [6.45, 7) is 8.71. The van der Waals surface area contributed by atoms with Gasteiger partial charge in [0.05, 0.1) is 0 Å². The Kier molecular flexibility index (Phi) is 4.94. The predicted molar refractivity (Wildman–Crippen MR) is 107 cm³/mol. The summed E-state index contributed by atoms with van der Waals surface area (Å²) < 4.78 is 0. The van der Waals surface area contributed by atoms with Crippen LogP contribution in [-0.2, 0) is 6.42 Å². The number of hydrogen-bond acceptors (Lipinski definition) is 1. The van der Waals surface area contributed by atoms with E-state index in [-0.39, 0.29) is 0 Å². The maximum atomic E-state index is 10.4. The standard InChI is InChI=1S/C24H26O/c1-5-18-9-10-19(16(2)3)14-22(18)21-11-12-24(25)23(15-21)20-8-6-7-17(4)13-20/h6-16,25H,5H2,1-4H3. The van der Waals surface area contributed by atoms with Crippen molar-refractivity contribution >= 4 is 0 Å². The zero-order chi connectivity index (χ0) is 18.0. The van der Waals surface area contributed by atoms with Crippen LogP contribution in [0.2, 0.25) is 0 Å². The Balaban J connectivity index is 2.16. The summed E-state index contributed by atoms with van der Waals surface area (Å²) in [7, 11) is 0. The first-order valence-corrected chi connectivity index (χ1v) is 9.03. The summed E-state index contributed by atoms with van der Waals surface area (Å²) in [5.41, 5.74) is 8.24. The first kappa shape index (κ1) is 17.3. The monoisotopic (exact) mass is 330 g/mol. The lowest BCUT2D eigenvalue weighted by Crippen LogP contribution is -1.94. The van der Waals surface area contributed by atoms with Crippen molar-refractivity contribution in [2.24, 2.45) is 0 Å². The number of aromatic hydroxyl groups is 1. The van der Waals surface area contributed by atoms with Gasteiger partial charge in [0.25, 0.3) is 0 Å². The van der Waals surface area contributed by atoms with Gasteiger partial charge >= 0.3 is 0 Å². The van der Waals surface area contributed by atoms with E-state index < -0.39 is 0 Å². The second-order valence-electron chi connectivity index (χ2n) is 7.03. The van der Waals surface area contributed by atoms with Crippen molar-refractivity contribution in [3.05, 3.63) is 77.4 Å². The van der Waals surface area contributed by atoms with Crippen LogP contribution >= 0.6 is 0 Å². The van der Waals surface area contributed by atoms with Crippen LogP contribution in [0.15, 0.2) is 60.7 Å². The Morgan fingerprint density at radius 1 is 0.840 bits per heavy atom. The van der Waals surface area contributed by atoms with E-state index in [1.54, 1.807) is 0 Å². The second-order valence-corrected chi connectivity index (χ2v) is 7.03. The lowest BCUT2D eigenvalue weighted by Gasteiger charge is -2.15. The molecular weight excluding hydrogens is 304 g/mol. The Morgan fingerprint density at radius 2 is 1.60 bits per heavy atom. The van der Waals surface area contributed by atoms with E-state index in [2.05, 4.69) is 70.2 Å². The number of phenols is 1. The third-order valence-electron chi connectivity index (χ3n) is 4.82. The fourth-order valence-corrected chi connectivity index (χ4v) is 3.28. The molecule has 0 spiro atoms. The van der Waals surface area contributed by atoms with E-state index in [0.717, 1.165) is 23.1 Å². The van der Waals surface area contributed by atoms with Gasteiger partial charge in [-0.3, -0.25) is 0 Å². The molecule has 0 amide bonds. The van der Waals surface area contributed by atoms with E-state index in [9.17, 15) is 5.11 Å². The van der Waals surface area contributed by atoms with Gasteiger partial charge in [-0.2, -0.15) is 0 Å². The summed E-state index contributed by atoms with van der Waals surface area (Å²) in [6, 6.07) is 21.0. The molecule has 0 aliphatic rings. The second kappa shape index (κ2) is 7.14. The number of phenolic OH excluding ortho intramolecular Hbond substituents is 1. The van der Waals surface area contributed by atoms with Crippen LogP contribution in [0.1, 0.15) is 43.4 Å². The number of benzene rings is 3. The lowest BCUT2D eigenvalue weighted by molar-refractivity contribution is 0.477. The molecule has 3 aromatic rings. The highest BCUT2D eigenvalue weighted by molar-refractivity contribution is 5.79. The largest absolute Gasteiger partial charge is 0.507 e.